The van der Waals surface area contributed by atoms with Gasteiger partial charge in [0.1, 0.15) is 0 Å². The number of benzene rings is 7. The smallest absolute Gasteiger partial charge is 0.220 e. The van der Waals surface area contributed by atoms with Gasteiger partial charge in [0.15, 0.2) is 0 Å². The average Bonchev–Trinajstić information content (AvgIpc) is 3.75. The van der Waals surface area contributed by atoms with E-state index in [1.807, 2.05) is 0 Å². The van der Waals surface area contributed by atoms with Gasteiger partial charge in [-0.2, -0.15) is 0 Å². The molecule has 3 aromatic heterocycles. The number of nitrogens with zero attached hydrogens (tertiary/aromatic N) is 4. The molecule has 0 bridgehead atoms. The fraction of sp³-hybridized carbons (Fsp3) is 0. The predicted molar refractivity (Wildman–Crippen MR) is 187 cm³/mol. The van der Waals surface area contributed by atoms with Crippen LogP contribution in [0.15, 0.2) is 158 Å². The average molecular weight is 575 g/mol. The molecule has 0 saturated carbocycles. The number of para-hydroxylation sites is 5. The van der Waals surface area contributed by atoms with E-state index >= 15 is 0 Å². The summed E-state index contributed by atoms with van der Waals surface area (Å²) >= 11 is 0. The Balaban J connectivity index is 1.42. The summed E-state index contributed by atoms with van der Waals surface area (Å²) in [6.45, 7) is 0. The van der Waals surface area contributed by atoms with E-state index in [0.29, 0.717) is 0 Å². The predicted octanol–water partition coefficient (Wildman–Crippen LogP) is 10.4. The van der Waals surface area contributed by atoms with Crippen molar-refractivity contribution in [2.24, 2.45) is 0 Å². The van der Waals surface area contributed by atoms with E-state index in [2.05, 4.69) is 171 Å². The molecule has 0 radical (unpaired) electrons. The number of fused-ring (bicyclic) bond motifs is 9. The van der Waals surface area contributed by atoms with E-state index < -0.39 is 0 Å². The fourth-order valence-corrected chi connectivity index (χ4v) is 7.32. The Labute approximate surface area is 258 Å². The molecule has 0 fully saturated rings. The van der Waals surface area contributed by atoms with Crippen molar-refractivity contribution >= 4 is 65.4 Å². The van der Waals surface area contributed by atoms with Crippen molar-refractivity contribution in [3.8, 4) is 17.3 Å². The summed E-state index contributed by atoms with van der Waals surface area (Å²) in [6, 6.07) is 56.4. The van der Waals surface area contributed by atoms with Crippen LogP contribution in [-0.4, -0.2) is 18.7 Å². The van der Waals surface area contributed by atoms with Gasteiger partial charge in [0, 0.05) is 32.9 Å². The molecule has 0 N–H and O–H groups in total. The molecule has 0 amide bonds. The second kappa shape index (κ2) is 9.18. The van der Waals surface area contributed by atoms with Crippen LogP contribution in [0.4, 0.5) is 0 Å². The van der Waals surface area contributed by atoms with Gasteiger partial charge in [0.05, 0.1) is 33.1 Å². The molecule has 3 heterocycles. The molecule has 4 heteroatoms. The Morgan fingerprint density at radius 1 is 0.356 bits per heavy atom. The van der Waals surface area contributed by atoms with Gasteiger partial charge in [-0.1, -0.05) is 91.0 Å². The fourth-order valence-electron chi connectivity index (χ4n) is 7.32. The van der Waals surface area contributed by atoms with Crippen molar-refractivity contribution in [1.29, 1.82) is 0 Å². The molecule has 0 saturated heterocycles. The van der Waals surface area contributed by atoms with Gasteiger partial charge in [-0.05, 0) is 77.5 Å². The molecule has 0 aliphatic rings. The third-order valence-corrected chi connectivity index (χ3v) is 9.20. The Morgan fingerprint density at radius 3 is 1.67 bits per heavy atom. The molecular formula is C41H26N4. The zero-order chi connectivity index (χ0) is 29.5. The number of hydrogen-bond acceptors (Lipinski definition) is 1. The Morgan fingerprint density at radius 2 is 0.911 bits per heavy atom. The van der Waals surface area contributed by atoms with E-state index in [1.165, 1.54) is 43.4 Å². The normalized spacial score (nSPS) is 12.0. The van der Waals surface area contributed by atoms with E-state index in [1.54, 1.807) is 0 Å². The molecule has 0 unspecified atom stereocenters. The summed E-state index contributed by atoms with van der Waals surface area (Å²) in [5, 5.41) is 7.44. The molecule has 4 nitrogen and oxygen atoms in total. The van der Waals surface area contributed by atoms with Gasteiger partial charge in [0.25, 0.3) is 0 Å². The summed E-state index contributed by atoms with van der Waals surface area (Å²) in [6.07, 6.45) is 0. The lowest BCUT2D eigenvalue weighted by Crippen LogP contribution is -2.05. The number of imidazole rings is 1. The first-order chi connectivity index (χ1) is 22.3. The minimum atomic E-state index is 0.880. The van der Waals surface area contributed by atoms with Gasteiger partial charge in [0.2, 0.25) is 5.95 Å². The zero-order valence-electron chi connectivity index (χ0n) is 24.3. The lowest BCUT2D eigenvalue weighted by Gasteiger charge is -2.12. The highest BCUT2D eigenvalue weighted by atomic mass is 15.2. The highest BCUT2D eigenvalue weighted by molar-refractivity contribution is 6.29. The standard InChI is InChI=1S/C41H26N4/c1-3-15-29(16-4-1)43-36-23-24-37-39(40(36)32-25-27-13-7-8-14-28(27)26-38(32)43)31-19-9-11-21-34(31)45(37)41-42-33-20-10-12-22-35(33)44(41)30-17-5-2-6-18-30/h1-26H. The molecule has 210 valence electrons. The maximum absolute atomic E-state index is 5.29. The van der Waals surface area contributed by atoms with Gasteiger partial charge in [-0.15, -0.1) is 0 Å². The van der Waals surface area contributed by atoms with Crippen molar-refractivity contribution in [3.63, 3.8) is 0 Å². The number of rotatable bonds is 3. The molecule has 0 aliphatic carbocycles. The quantitative estimate of drug-likeness (QED) is 0.206. The first kappa shape index (κ1) is 24.3. The third-order valence-electron chi connectivity index (χ3n) is 9.20. The molecule has 10 rings (SSSR count). The largest absolute Gasteiger partial charge is 0.309 e. The molecule has 0 spiro atoms. The first-order valence-electron chi connectivity index (χ1n) is 15.3. The van der Waals surface area contributed by atoms with Crippen LogP contribution < -0.4 is 0 Å². The van der Waals surface area contributed by atoms with Gasteiger partial charge >= 0.3 is 0 Å². The van der Waals surface area contributed by atoms with Crippen molar-refractivity contribution in [2.75, 3.05) is 0 Å². The zero-order valence-corrected chi connectivity index (χ0v) is 24.3. The third kappa shape index (κ3) is 3.39. The summed E-state index contributed by atoms with van der Waals surface area (Å²) < 4.78 is 7.05. The van der Waals surface area contributed by atoms with Crippen LogP contribution in [0.1, 0.15) is 0 Å². The minimum absolute atomic E-state index is 0.880. The van der Waals surface area contributed by atoms with Crippen LogP contribution in [0.2, 0.25) is 0 Å². The second-order valence-electron chi connectivity index (χ2n) is 11.7. The van der Waals surface area contributed by atoms with Crippen LogP contribution in [0.3, 0.4) is 0 Å². The second-order valence-corrected chi connectivity index (χ2v) is 11.7. The molecule has 10 aromatic rings. The van der Waals surface area contributed by atoms with E-state index in [-0.39, 0.29) is 0 Å². The summed E-state index contributed by atoms with van der Waals surface area (Å²) in [5.41, 5.74) is 8.95. The minimum Gasteiger partial charge on any atom is -0.309 e. The first-order valence-corrected chi connectivity index (χ1v) is 15.3. The van der Waals surface area contributed by atoms with Crippen LogP contribution in [0.5, 0.6) is 0 Å². The molecule has 45 heavy (non-hydrogen) atoms. The van der Waals surface area contributed by atoms with E-state index in [4.69, 9.17) is 4.98 Å². The van der Waals surface area contributed by atoms with E-state index in [9.17, 15) is 0 Å². The lowest BCUT2D eigenvalue weighted by atomic mass is 10.0. The molecule has 0 atom stereocenters. The number of aromatic nitrogens is 4. The SMILES string of the molecule is c1ccc(-n2c(-n3c4ccccc4c4c5c6cc7ccccc7cc6n(-c6ccccc6)c5ccc43)nc3ccccc32)cc1. The van der Waals surface area contributed by atoms with E-state index in [0.717, 1.165) is 39.4 Å². The van der Waals surface area contributed by atoms with Gasteiger partial charge in [-0.3, -0.25) is 9.13 Å². The van der Waals surface area contributed by atoms with Gasteiger partial charge < -0.3 is 4.57 Å². The summed E-state index contributed by atoms with van der Waals surface area (Å²) in [7, 11) is 0. The van der Waals surface area contributed by atoms with Crippen LogP contribution in [0, 0.1) is 0 Å². The Kier molecular flexibility index (Phi) is 4.96. The summed E-state index contributed by atoms with van der Waals surface area (Å²) in [4.78, 5) is 5.29. The topological polar surface area (TPSA) is 27.7 Å². The van der Waals surface area contributed by atoms with Crippen LogP contribution in [0.25, 0.3) is 82.7 Å². The van der Waals surface area contributed by atoms with Crippen molar-refractivity contribution in [1.82, 2.24) is 18.7 Å². The Hall–Kier alpha value is -6.13. The maximum Gasteiger partial charge on any atom is 0.220 e. The summed E-state index contributed by atoms with van der Waals surface area (Å²) in [5.74, 6) is 0.880. The maximum atomic E-state index is 5.29. The Bertz CT molecular complexity index is 2750. The lowest BCUT2D eigenvalue weighted by molar-refractivity contribution is 0.956. The van der Waals surface area contributed by atoms with Crippen molar-refractivity contribution < 1.29 is 0 Å². The monoisotopic (exact) mass is 574 g/mol. The van der Waals surface area contributed by atoms with Gasteiger partial charge in [-0.25, -0.2) is 4.98 Å². The number of hydrogen-bond donors (Lipinski definition) is 0. The molecule has 0 aliphatic heterocycles. The molecular weight excluding hydrogens is 548 g/mol. The van der Waals surface area contributed by atoms with Crippen LogP contribution >= 0.6 is 0 Å². The highest BCUT2D eigenvalue weighted by Crippen LogP contribution is 2.43. The van der Waals surface area contributed by atoms with Crippen molar-refractivity contribution in [3.05, 3.63) is 158 Å². The van der Waals surface area contributed by atoms with Crippen molar-refractivity contribution in [2.45, 2.75) is 0 Å². The highest BCUT2D eigenvalue weighted by Gasteiger charge is 2.23. The van der Waals surface area contributed by atoms with Crippen LogP contribution in [-0.2, 0) is 0 Å². The molecule has 7 aromatic carbocycles.